The molecule has 1 unspecified atom stereocenters. The van der Waals surface area contributed by atoms with Crippen LogP contribution in [0, 0.1) is 5.92 Å². The smallest absolute Gasteiger partial charge is 0.236 e. The molecule has 2 aliphatic rings. The summed E-state index contributed by atoms with van der Waals surface area (Å²) in [6.45, 7) is 14.4. The molecule has 0 saturated carbocycles. The third kappa shape index (κ3) is 5.57. The van der Waals surface area contributed by atoms with Crippen LogP contribution >= 0.6 is 0 Å². The minimum absolute atomic E-state index is 0.310. The molecule has 2 rings (SSSR count). The Kier molecular flexibility index (Phi) is 6.93. The lowest BCUT2D eigenvalue weighted by Crippen LogP contribution is -2.53. The van der Waals surface area contributed by atoms with Gasteiger partial charge in [0.15, 0.2) is 0 Å². The molecule has 2 saturated heterocycles. The van der Waals surface area contributed by atoms with Gasteiger partial charge in [-0.05, 0) is 18.9 Å². The van der Waals surface area contributed by atoms with E-state index in [4.69, 9.17) is 0 Å². The highest BCUT2D eigenvalue weighted by atomic mass is 16.2. The van der Waals surface area contributed by atoms with Crippen molar-refractivity contribution < 1.29 is 4.79 Å². The van der Waals surface area contributed by atoms with Gasteiger partial charge in [-0.15, -0.1) is 0 Å². The minimum atomic E-state index is 0.310. The maximum Gasteiger partial charge on any atom is 0.236 e. The highest BCUT2D eigenvalue weighted by Crippen LogP contribution is 2.10. The predicted molar refractivity (Wildman–Crippen MR) is 86.4 cm³/mol. The number of hydrogen-bond acceptors (Lipinski definition) is 4. The van der Waals surface area contributed by atoms with Crippen LogP contribution < -0.4 is 5.32 Å². The molecule has 0 spiro atoms. The lowest BCUT2D eigenvalue weighted by atomic mass is 10.0. The topological polar surface area (TPSA) is 38.8 Å². The molecule has 0 aromatic carbocycles. The Morgan fingerprint density at radius 3 is 2.29 bits per heavy atom. The molecule has 1 atom stereocenters. The number of carbonyl (C=O) groups is 1. The molecule has 1 N–H and O–H groups in total. The average Bonchev–Trinajstić information content (AvgIpc) is 2.54. The Morgan fingerprint density at radius 2 is 1.67 bits per heavy atom. The maximum absolute atomic E-state index is 12.2. The van der Waals surface area contributed by atoms with Crippen LogP contribution in [0.4, 0.5) is 0 Å². The van der Waals surface area contributed by atoms with E-state index in [2.05, 4.69) is 29.0 Å². The number of amides is 1. The minimum Gasteiger partial charge on any atom is -0.339 e. The molecular formula is C16H32N4O. The lowest BCUT2D eigenvalue weighted by Gasteiger charge is -2.36. The molecule has 5 heteroatoms. The molecule has 0 bridgehead atoms. The summed E-state index contributed by atoms with van der Waals surface area (Å²) in [6, 6.07) is 0. The molecule has 5 nitrogen and oxygen atoms in total. The monoisotopic (exact) mass is 296 g/mol. The second-order valence-electron chi connectivity index (χ2n) is 6.55. The van der Waals surface area contributed by atoms with Gasteiger partial charge in [0.1, 0.15) is 0 Å². The molecule has 2 aliphatic heterocycles. The molecule has 0 aliphatic carbocycles. The Balaban J connectivity index is 1.63. The van der Waals surface area contributed by atoms with Gasteiger partial charge in [-0.25, -0.2) is 0 Å². The Labute approximate surface area is 129 Å². The van der Waals surface area contributed by atoms with E-state index in [1.807, 2.05) is 4.90 Å². The van der Waals surface area contributed by atoms with Gasteiger partial charge in [-0.3, -0.25) is 9.69 Å². The zero-order chi connectivity index (χ0) is 15.1. The summed E-state index contributed by atoms with van der Waals surface area (Å²) < 4.78 is 0. The number of rotatable bonds is 6. The van der Waals surface area contributed by atoms with Crippen LogP contribution in [0.2, 0.25) is 0 Å². The van der Waals surface area contributed by atoms with Crippen molar-refractivity contribution in [2.24, 2.45) is 5.92 Å². The van der Waals surface area contributed by atoms with Gasteiger partial charge in [0.05, 0.1) is 6.54 Å². The fourth-order valence-corrected chi connectivity index (χ4v) is 2.98. The van der Waals surface area contributed by atoms with Crippen molar-refractivity contribution in [3.63, 3.8) is 0 Å². The van der Waals surface area contributed by atoms with Gasteiger partial charge in [-0.1, -0.05) is 20.3 Å². The van der Waals surface area contributed by atoms with Gasteiger partial charge < -0.3 is 15.1 Å². The van der Waals surface area contributed by atoms with Crippen molar-refractivity contribution in [2.45, 2.75) is 26.7 Å². The van der Waals surface area contributed by atoms with E-state index in [1.165, 1.54) is 19.4 Å². The summed E-state index contributed by atoms with van der Waals surface area (Å²) in [6.07, 6.45) is 2.58. The number of piperazine rings is 2. The third-order valence-electron chi connectivity index (χ3n) is 4.93. The summed E-state index contributed by atoms with van der Waals surface area (Å²) in [5, 5.41) is 3.29. The fourth-order valence-electron chi connectivity index (χ4n) is 2.98. The van der Waals surface area contributed by atoms with Crippen molar-refractivity contribution in [1.29, 1.82) is 0 Å². The van der Waals surface area contributed by atoms with Crippen LogP contribution in [-0.4, -0.2) is 86.1 Å². The standard InChI is InChI=1S/C16H32N4O/c1-3-15(2)4-7-18-10-12-19(13-11-18)14-16(21)20-8-5-17-6-9-20/h15,17H,3-14H2,1-2H3. The van der Waals surface area contributed by atoms with Crippen molar-refractivity contribution in [3.05, 3.63) is 0 Å². The second-order valence-corrected chi connectivity index (χ2v) is 6.55. The van der Waals surface area contributed by atoms with Crippen molar-refractivity contribution >= 4 is 5.91 Å². The average molecular weight is 296 g/mol. The predicted octanol–water partition coefficient (Wildman–Crippen LogP) is 0.472. The summed E-state index contributed by atoms with van der Waals surface area (Å²) in [4.78, 5) is 19.1. The molecule has 0 aromatic rings. The summed E-state index contributed by atoms with van der Waals surface area (Å²) in [7, 11) is 0. The van der Waals surface area contributed by atoms with Gasteiger partial charge in [-0.2, -0.15) is 0 Å². The van der Waals surface area contributed by atoms with Crippen molar-refractivity contribution in [2.75, 3.05) is 65.4 Å². The Hall–Kier alpha value is -0.650. The molecule has 122 valence electrons. The van der Waals surface area contributed by atoms with Gasteiger partial charge in [0.2, 0.25) is 5.91 Å². The molecule has 21 heavy (non-hydrogen) atoms. The molecule has 2 fully saturated rings. The fraction of sp³-hybridized carbons (Fsp3) is 0.938. The van der Waals surface area contributed by atoms with Crippen LogP contribution in [0.15, 0.2) is 0 Å². The summed E-state index contributed by atoms with van der Waals surface area (Å²) in [5.74, 6) is 1.14. The van der Waals surface area contributed by atoms with E-state index in [0.29, 0.717) is 12.5 Å². The first-order valence-corrected chi connectivity index (χ1v) is 8.62. The first-order chi connectivity index (χ1) is 10.2. The number of hydrogen-bond donors (Lipinski definition) is 1. The molecule has 0 radical (unpaired) electrons. The largest absolute Gasteiger partial charge is 0.339 e. The number of carbonyl (C=O) groups excluding carboxylic acids is 1. The van der Waals surface area contributed by atoms with Gasteiger partial charge >= 0.3 is 0 Å². The van der Waals surface area contributed by atoms with Crippen molar-refractivity contribution in [3.8, 4) is 0 Å². The van der Waals surface area contributed by atoms with E-state index in [0.717, 1.165) is 58.3 Å². The zero-order valence-electron chi connectivity index (χ0n) is 13.8. The van der Waals surface area contributed by atoms with Crippen LogP contribution in [0.25, 0.3) is 0 Å². The van der Waals surface area contributed by atoms with Crippen LogP contribution in [0.3, 0.4) is 0 Å². The van der Waals surface area contributed by atoms with E-state index in [1.54, 1.807) is 0 Å². The van der Waals surface area contributed by atoms with E-state index in [-0.39, 0.29) is 0 Å². The molecule has 2 heterocycles. The Bertz CT molecular complexity index is 309. The van der Waals surface area contributed by atoms with Crippen LogP contribution in [-0.2, 0) is 4.79 Å². The normalized spacial score (nSPS) is 23.2. The van der Waals surface area contributed by atoms with Crippen LogP contribution in [0.1, 0.15) is 26.7 Å². The Morgan fingerprint density at radius 1 is 1.05 bits per heavy atom. The van der Waals surface area contributed by atoms with Crippen molar-refractivity contribution in [1.82, 2.24) is 20.0 Å². The summed E-state index contributed by atoms with van der Waals surface area (Å²) >= 11 is 0. The first kappa shape index (κ1) is 16.7. The first-order valence-electron chi connectivity index (χ1n) is 8.62. The summed E-state index contributed by atoms with van der Waals surface area (Å²) in [5.41, 5.74) is 0. The lowest BCUT2D eigenvalue weighted by molar-refractivity contribution is -0.133. The van der Waals surface area contributed by atoms with E-state index >= 15 is 0 Å². The zero-order valence-corrected chi connectivity index (χ0v) is 13.8. The SMILES string of the molecule is CCC(C)CCN1CCN(CC(=O)N2CCNCC2)CC1. The molecular weight excluding hydrogens is 264 g/mol. The highest BCUT2D eigenvalue weighted by Gasteiger charge is 2.22. The highest BCUT2D eigenvalue weighted by molar-refractivity contribution is 5.78. The number of nitrogens with one attached hydrogen (secondary N) is 1. The van der Waals surface area contributed by atoms with Crippen LogP contribution in [0.5, 0.6) is 0 Å². The second kappa shape index (κ2) is 8.71. The third-order valence-corrected chi connectivity index (χ3v) is 4.93. The quantitative estimate of drug-likeness (QED) is 0.773. The van der Waals surface area contributed by atoms with E-state index < -0.39 is 0 Å². The maximum atomic E-state index is 12.2. The van der Waals surface area contributed by atoms with Gasteiger partial charge in [0.25, 0.3) is 0 Å². The molecule has 1 amide bonds. The molecule has 0 aromatic heterocycles. The van der Waals surface area contributed by atoms with E-state index in [9.17, 15) is 4.79 Å². The van der Waals surface area contributed by atoms with Gasteiger partial charge in [0, 0.05) is 52.4 Å². The number of nitrogens with zero attached hydrogens (tertiary/aromatic N) is 3.